The van der Waals surface area contributed by atoms with Gasteiger partial charge in [-0.2, -0.15) is 13.9 Å². The number of aliphatic imine (C=N–C) groups is 1. The number of rotatable bonds is 11. The van der Waals surface area contributed by atoms with Gasteiger partial charge < -0.3 is 29.7 Å². The number of fused-ring (bicyclic) bond motifs is 1. The number of anilines is 2. The number of halogens is 4. The van der Waals surface area contributed by atoms with E-state index >= 15 is 0 Å². The molecule has 2 aromatic carbocycles. The maximum Gasteiger partial charge on any atom is 0.387 e. The first kappa shape index (κ1) is 31.6. The Morgan fingerprint density at radius 1 is 1.22 bits per heavy atom. The van der Waals surface area contributed by atoms with Crippen molar-refractivity contribution in [1.29, 1.82) is 0 Å². The van der Waals surface area contributed by atoms with Crippen molar-refractivity contribution in [2.75, 3.05) is 36.8 Å². The van der Waals surface area contributed by atoms with E-state index in [2.05, 4.69) is 19.8 Å². The number of aromatic amines is 1. The summed E-state index contributed by atoms with van der Waals surface area (Å²) in [7, 11) is 0. The number of nitrogens with one attached hydrogen (secondary N) is 2. The molecule has 0 radical (unpaired) electrons. The minimum Gasteiger partial charge on any atom is -0.433 e. The number of H-pyrrole nitrogens is 1. The number of carbonyl (C=O) groups excluding carboxylic acids is 1. The number of nitrogens with two attached hydrogens (primary N) is 1. The molecule has 0 aliphatic carbocycles. The largest absolute Gasteiger partial charge is 0.433 e. The predicted octanol–water partition coefficient (Wildman–Crippen LogP) is 5.85. The van der Waals surface area contributed by atoms with E-state index in [1.54, 1.807) is 19.1 Å². The molecule has 5 rings (SSSR count). The van der Waals surface area contributed by atoms with Crippen LogP contribution in [0.4, 0.5) is 29.1 Å². The van der Waals surface area contributed by atoms with Gasteiger partial charge in [0.05, 0.1) is 36.4 Å². The fourth-order valence-corrected chi connectivity index (χ4v) is 4.94. The smallest absolute Gasteiger partial charge is 0.387 e. The van der Waals surface area contributed by atoms with Gasteiger partial charge >= 0.3 is 6.61 Å². The molecule has 0 atom stereocenters. The van der Waals surface area contributed by atoms with E-state index in [4.69, 9.17) is 19.9 Å². The summed E-state index contributed by atoms with van der Waals surface area (Å²) in [6, 6.07) is 7.78. The van der Waals surface area contributed by atoms with Gasteiger partial charge in [0.25, 0.3) is 0 Å². The summed E-state index contributed by atoms with van der Waals surface area (Å²) in [5.74, 6) is -3.15. The third-order valence-corrected chi connectivity index (χ3v) is 7.29. The van der Waals surface area contributed by atoms with Gasteiger partial charge in [-0.25, -0.2) is 22.8 Å². The van der Waals surface area contributed by atoms with Crippen molar-refractivity contribution < 1.29 is 36.6 Å². The molecule has 2 aromatic heterocycles. The number of para-hydroxylation sites is 1. The molecule has 3 heterocycles. The number of allylic oxidation sites excluding steroid dienone is 1. The van der Waals surface area contributed by atoms with E-state index in [9.17, 15) is 22.4 Å². The molecule has 4 aromatic rings. The minimum atomic E-state index is -3.05. The van der Waals surface area contributed by atoms with Gasteiger partial charge in [-0.15, -0.1) is 0 Å². The lowest BCUT2D eigenvalue weighted by Gasteiger charge is -2.25. The van der Waals surface area contributed by atoms with Gasteiger partial charge in [0.1, 0.15) is 5.82 Å². The summed E-state index contributed by atoms with van der Waals surface area (Å²) < 4.78 is 75.9. The molecule has 0 amide bonds. The lowest BCUT2D eigenvalue weighted by Crippen LogP contribution is -2.32. The number of ether oxygens (including phenoxy) is 3. The molecule has 0 bridgehead atoms. The van der Waals surface area contributed by atoms with Gasteiger partial charge in [-0.3, -0.25) is 4.79 Å². The van der Waals surface area contributed by atoms with E-state index in [-0.39, 0.29) is 34.4 Å². The van der Waals surface area contributed by atoms with Crippen LogP contribution >= 0.6 is 12.1 Å². The summed E-state index contributed by atoms with van der Waals surface area (Å²) >= 11 is 1.24. The molecule has 0 saturated carbocycles. The number of hydrogen-bond donors (Lipinski definition) is 3. The number of nitrogen functional groups attached to an aromatic ring is 1. The van der Waals surface area contributed by atoms with Crippen molar-refractivity contribution in [3.8, 4) is 11.5 Å². The number of alkyl halides is 2. The van der Waals surface area contributed by atoms with Gasteiger partial charge in [-0.05, 0) is 43.3 Å². The van der Waals surface area contributed by atoms with Crippen LogP contribution in [0.3, 0.4) is 0 Å². The number of benzene rings is 2. The van der Waals surface area contributed by atoms with E-state index < -0.39 is 29.8 Å². The van der Waals surface area contributed by atoms with Crippen LogP contribution in [0.2, 0.25) is 0 Å². The number of aromatic nitrogens is 3. The number of morpholine rings is 1. The Hall–Kier alpha value is -4.80. The first-order chi connectivity index (χ1) is 21.7. The highest BCUT2D eigenvalue weighted by Crippen LogP contribution is 2.35. The Morgan fingerprint density at radius 2 is 1.98 bits per heavy atom. The van der Waals surface area contributed by atoms with Gasteiger partial charge in [0, 0.05) is 48.5 Å². The maximum absolute atomic E-state index is 14.0. The third kappa shape index (κ3) is 7.65. The third-order valence-electron chi connectivity index (χ3n) is 6.36. The minimum absolute atomic E-state index is 0.0234. The number of nitrogens with zero attached hydrogens (tertiary/aromatic N) is 4. The lowest BCUT2D eigenvalue weighted by molar-refractivity contribution is -0.0492. The average molecular weight is 646 g/mol. The number of ketones is 1. The highest BCUT2D eigenvalue weighted by Gasteiger charge is 2.21. The van der Waals surface area contributed by atoms with Crippen LogP contribution in [-0.4, -0.2) is 63.7 Å². The fraction of sp³-hybridized carbons (Fsp3) is 0.207. The summed E-state index contributed by atoms with van der Waals surface area (Å²) in [4.78, 5) is 20.4. The lowest BCUT2D eigenvalue weighted by atomic mass is 10.1. The first-order valence-corrected chi connectivity index (χ1v) is 14.2. The quantitative estimate of drug-likeness (QED) is 0.0605. The van der Waals surface area contributed by atoms with Crippen molar-refractivity contribution in [2.24, 2.45) is 4.99 Å². The average Bonchev–Trinajstić information content (AvgIpc) is 3.60. The monoisotopic (exact) mass is 645 g/mol. The Morgan fingerprint density at radius 3 is 2.69 bits per heavy atom. The second-order valence-electron chi connectivity index (χ2n) is 9.37. The molecule has 1 aliphatic heterocycles. The van der Waals surface area contributed by atoms with E-state index in [1.165, 1.54) is 59.7 Å². The molecule has 236 valence electrons. The zero-order valence-electron chi connectivity index (χ0n) is 23.7. The van der Waals surface area contributed by atoms with Crippen molar-refractivity contribution in [3.05, 3.63) is 83.8 Å². The van der Waals surface area contributed by atoms with Crippen LogP contribution in [0.25, 0.3) is 17.1 Å². The zero-order chi connectivity index (χ0) is 31.9. The van der Waals surface area contributed by atoms with Gasteiger partial charge in [0.2, 0.25) is 17.4 Å². The fourth-order valence-electron chi connectivity index (χ4n) is 4.22. The van der Waals surface area contributed by atoms with Gasteiger partial charge in [0.15, 0.2) is 17.4 Å². The van der Waals surface area contributed by atoms with E-state index in [1.807, 2.05) is 4.31 Å². The molecule has 1 fully saturated rings. The number of carbonyl (C=O) groups is 1. The van der Waals surface area contributed by atoms with E-state index in [0.29, 0.717) is 37.2 Å². The summed E-state index contributed by atoms with van der Waals surface area (Å²) in [6.07, 6.45) is 6.76. The molecular formula is C29H27F4N7O4S. The molecular weight excluding hydrogens is 618 g/mol. The topological polar surface area (TPSA) is 132 Å². The van der Waals surface area contributed by atoms with Crippen molar-refractivity contribution in [2.45, 2.75) is 13.5 Å². The second kappa shape index (κ2) is 14.3. The molecule has 4 N–H and O–H groups in total. The molecule has 0 spiro atoms. The van der Waals surface area contributed by atoms with Crippen LogP contribution in [0.1, 0.15) is 23.0 Å². The molecule has 1 aliphatic rings. The molecule has 1 saturated heterocycles. The maximum atomic E-state index is 14.0. The molecule has 16 heteroatoms. The molecule has 45 heavy (non-hydrogen) atoms. The number of hydrogen-bond acceptors (Lipinski definition) is 10. The predicted molar refractivity (Wildman–Crippen MR) is 163 cm³/mol. The first-order valence-electron chi connectivity index (χ1n) is 13.5. The van der Waals surface area contributed by atoms with Crippen LogP contribution in [0, 0.1) is 11.6 Å². The highest BCUT2D eigenvalue weighted by atomic mass is 32.2. The zero-order valence-corrected chi connectivity index (χ0v) is 24.5. The Bertz CT molecular complexity index is 1750. The summed E-state index contributed by atoms with van der Waals surface area (Å²) in [5, 5.41) is 4.55. The highest BCUT2D eigenvalue weighted by molar-refractivity contribution is 7.98. The van der Waals surface area contributed by atoms with Crippen LogP contribution in [0.15, 0.2) is 65.9 Å². The van der Waals surface area contributed by atoms with Crippen LogP contribution < -0.4 is 19.9 Å². The summed E-state index contributed by atoms with van der Waals surface area (Å²) in [5.41, 5.74) is 7.15. The van der Waals surface area contributed by atoms with Crippen molar-refractivity contribution >= 4 is 52.4 Å². The van der Waals surface area contributed by atoms with E-state index in [0.717, 1.165) is 12.1 Å². The standard InChI is InChI=1S/C29H27F4N7O4S/c1-2-4-25(44-27-19(30)5-3-6-20(27)31)35-7-8-40-28(34)18(16-36-40)26(41)23-13-17-14-24(43-29(32)33)22(15-21(17)37-23)38-45-39-9-11-42-12-10-39/h2-8,13-16,29,37-38H,9-12,34H2,1H3/b4-2+,8-7+,35-25+. The summed E-state index contributed by atoms with van der Waals surface area (Å²) in [6.45, 7) is 1.04. The molecule has 0 unspecified atom stereocenters. The Balaban J connectivity index is 1.34. The second-order valence-corrected chi connectivity index (χ2v) is 10.3. The molecule has 11 nitrogen and oxygen atoms in total. The SMILES string of the molecule is C/C=C/C(=N\C=C\n1ncc(C(=O)c2cc3cc(OC(F)F)c(NSN4CCOCC4)cc3[nH]2)c1N)Oc1c(F)cccc1F. The van der Waals surface area contributed by atoms with Crippen LogP contribution in [0.5, 0.6) is 11.5 Å². The van der Waals surface area contributed by atoms with Crippen molar-refractivity contribution in [3.63, 3.8) is 0 Å². The Kier molecular flexibility index (Phi) is 10.1. The normalized spacial score (nSPS) is 14.7. The Labute approximate surface area is 258 Å². The van der Waals surface area contributed by atoms with Crippen molar-refractivity contribution in [1.82, 2.24) is 19.1 Å². The van der Waals surface area contributed by atoms with Crippen LogP contribution in [-0.2, 0) is 4.74 Å². The van der Waals surface area contributed by atoms with Gasteiger partial charge in [-0.1, -0.05) is 12.1 Å².